The van der Waals surface area contributed by atoms with Crippen molar-refractivity contribution in [2.45, 2.75) is 32.5 Å². The Labute approximate surface area is 85.2 Å². The van der Waals surface area contributed by atoms with Gasteiger partial charge in [-0.2, -0.15) is 0 Å². The predicted molar refractivity (Wildman–Crippen MR) is 56.9 cm³/mol. The van der Waals surface area contributed by atoms with Gasteiger partial charge in [0.2, 0.25) is 0 Å². The molecule has 2 heteroatoms. The van der Waals surface area contributed by atoms with Gasteiger partial charge in [0.15, 0.2) is 0 Å². The van der Waals surface area contributed by atoms with E-state index in [1.54, 1.807) is 0 Å². The van der Waals surface area contributed by atoms with E-state index >= 15 is 0 Å². The molecule has 1 fully saturated rings. The van der Waals surface area contributed by atoms with Gasteiger partial charge in [-0.15, -0.1) is 0 Å². The molecular formula is C12H17NO. The topological polar surface area (TPSA) is 23.5 Å². The molecule has 1 saturated heterocycles. The van der Waals surface area contributed by atoms with Crippen LogP contribution in [0.1, 0.15) is 24.5 Å². The third kappa shape index (κ3) is 1.97. The maximum atomic E-state index is 8.90. The first-order valence-electron chi connectivity index (χ1n) is 5.22. The molecular weight excluding hydrogens is 174 g/mol. The fraction of sp³-hybridized carbons (Fsp3) is 0.500. The van der Waals surface area contributed by atoms with E-state index in [1.165, 1.54) is 18.5 Å². The second-order valence-corrected chi connectivity index (χ2v) is 4.08. The second-order valence-electron chi connectivity index (χ2n) is 4.08. The van der Waals surface area contributed by atoms with E-state index in [9.17, 15) is 0 Å². The molecule has 0 aliphatic carbocycles. The normalized spacial score (nSPS) is 22.0. The summed E-state index contributed by atoms with van der Waals surface area (Å²) in [6, 6.07) is 8.96. The van der Waals surface area contributed by atoms with Gasteiger partial charge < -0.3 is 5.11 Å². The van der Waals surface area contributed by atoms with Gasteiger partial charge in [-0.25, -0.2) is 0 Å². The molecule has 2 nitrogen and oxygen atoms in total. The van der Waals surface area contributed by atoms with Crippen LogP contribution in [0.2, 0.25) is 0 Å². The summed E-state index contributed by atoms with van der Waals surface area (Å²) in [7, 11) is 0. The van der Waals surface area contributed by atoms with Crippen LogP contribution in [-0.4, -0.2) is 22.6 Å². The van der Waals surface area contributed by atoms with Crippen LogP contribution in [0.25, 0.3) is 0 Å². The highest BCUT2D eigenvalue weighted by Crippen LogP contribution is 2.19. The molecule has 1 N–H and O–H groups in total. The van der Waals surface area contributed by atoms with Crippen molar-refractivity contribution in [2.75, 3.05) is 6.54 Å². The molecule has 2 rings (SSSR count). The van der Waals surface area contributed by atoms with E-state index in [1.807, 2.05) is 12.1 Å². The van der Waals surface area contributed by atoms with Crippen molar-refractivity contribution in [2.24, 2.45) is 0 Å². The first kappa shape index (κ1) is 9.69. The summed E-state index contributed by atoms with van der Waals surface area (Å²) in [4.78, 5) is 2.47. The van der Waals surface area contributed by atoms with Crippen molar-refractivity contribution in [1.29, 1.82) is 0 Å². The molecule has 1 atom stereocenters. The second kappa shape index (κ2) is 4.11. The maximum absolute atomic E-state index is 8.90. The standard InChI is InChI=1S/C12H17NO/c1-10-6-7-13(10)8-11-2-4-12(9-14)5-3-11/h2-5,10,14H,6-9H2,1H3. The van der Waals surface area contributed by atoms with Crippen molar-refractivity contribution in [3.05, 3.63) is 35.4 Å². The number of aliphatic hydroxyl groups excluding tert-OH is 1. The summed E-state index contributed by atoms with van der Waals surface area (Å²) in [5.74, 6) is 0. The largest absolute Gasteiger partial charge is 0.392 e. The maximum Gasteiger partial charge on any atom is 0.0681 e. The minimum Gasteiger partial charge on any atom is -0.392 e. The van der Waals surface area contributed by atoms with Crippen LogP contribution in [0.4, 0.5) is 0 Å². The Morgan fingerprint density at radius 2 is 1.93 bits per heavy atom. The van der Waals surface area contributed by atoms with Crippen LogP contribution in [0, 0.1) is 0 Å². The quantitative estimate of drug-likeness (QED) is 0.787. The number of hydrogen-bond donors (Lipinski definition) is 1. The molecule has 14 heavy (non-hydrogen) atoms. The molecule has 1 aliphatic heterocycles. The van der Waals surface area contributed by atoms with Crippen LogP contribution >= 0.6 is 0 Å². The Balaban J connectivity index is 1.96. The van der Waals surface area contributed by atoms with Gasteiger partial charge in [0.05, 0.1) is 6.61 Å². The lowest BCUT2D eigenvalue weighted by Crippen LogP contribution is -2.44. The zero-order chi connectivity index (χ0) is 9.97. The molecule has 0 radical (unpaired) electrons. The number of rotatable bonds is 3. The smallest absolute Gasteiger partial charge is 0.0681 e. The first-order chi connectivity index (χ1) is 6.79. The van der Waals surface area contributed by atoms with Gasteiger partial charge in [0.1, 0.15) is 0 Å². The third-order valence-corrected chi connectivity index (χ3v) is 3.05. The SMILES string of the molecule is CC1CCN1Cc1ccc(CO)cc1. The number of hydrogen-bond acceptors (Lipinski definition) is 2. The summed E-state index contributed by atoms with van der Waals surface area (Å²) in [5.41, 5.74) is 2.33. The predicted octanol–water partition coefficient (Wildman–Crippen LogP) is 1.77. The van der Waals surface area contributed by atoms with Crippen LogP contribution in [-0.2, 0) is 13.2 Å². The van der Waals surface area contributed by atoms with E-state index in [-0.39, 0.29) is 6.61 Å². The molecule has 1 unspecified atom stereocenters. The highest BCUT2D eigenvalue weighted by molar-refractivity contribution is 5.22. The van der Waals surface area contributed by atoms with Crippen LogP contribution in [0.15, 0.2) is 24.3 Å². The van der Waals surface area contributed by atoms with Crippen LogP contribution in [0.5, 0.6) is 0 Å². The number of likely N-dealkylation sites (tertiary alicyclic amines) is 1. The average molecular weight is 191 g/mol. The molecule has 0 spiro atoms. The molecule has 1 heterocycles. The van der Waals surface area contributed by atoms with Gasteiger partial charge in [0, 0.05) is 19.1 Å². The Morgan fingerprint density at radius 3 is 2.36 bits per heavy atom. The van der Waals surface area contributed by atoms with Gasteiger partial charge in [-0.05, 0) is 24.5 Å². The highest BCUT2D eigenvalue weighted by Gasteiger charge is 2.22. The van der Waals surface area contributed by atoms with Crippen LogP contribution in [0.3, 0.4) is 0 Å². The molecule has 1 aromatic rings. The van der Waals surface area contributed by atoms with Gasteiger partial charge in [0.25, 0.3) is 0 Å². The lowest BCUT2D eigenvalue weighted by Gasteiger charge is -2.38. The number of aliphatic hydroxyl groups is 1. The van der Waals surface area contributed by atoms with Crippen molar-refractivity contribution in [3.63, 3.8) is 0 Å². The molecule has 0 bridgehead atoms. The molecule has 0 amide bonds. The van der Waals surface area contributed by atoms with E-state index in [4.69, 9.17) is 5.11 Å². The van der Waals surface area contributed by atoms with E-state index in [0.717, 1.165) is 18.2 Å². The summed E-state index contributed by atoms with van der Waals surface area (Å²) >= 11 is 0. The molecule has 0 aromatic heterocycles. The number of nitrogens with zero attached hydrogens (tertiary/aromatic N) is 1. The Morgan fingerprint density at radius 1 is 1.29 bits per heavy atom. The summed E-state index contributed by atoms with van der Waals surface area (Å²) in [5, 5.41) is 8.90. The zero-order valence-corrected chi connectivity index (χ0v) is 8.61. The average Bonchev–Trinajstić information content (AvgIpc) is 2.24. The summed E-state index contributed by atoms with van der Waals surface area (Å²) < 4.78 is 0. The van der Waals surface area contributed by atoms with Crippen LogP contribution < -0.4 is 0 Å². The van der Waals surface area contributed by atoms with Gasteiger partial charge >= 0.3 is 0 Å². The lowest BCUT2D eigenvalue weighted by molar-refractivity contribution is 0.0959. The fourth-order valence-electron chi connectivity index (χ4n) is 1.79. The van der Waals surface area contributed by atoms with E-state index in [2.05, 4.69) is 24.0 Å². The lowest BCUT2D eigenvalue weighted by atomic mass is 10.0. The highest BCUT2D eigenvalue weighted by atomic mass is 16.3. The number of benzene rings is 1. The van der Waals surface area contributed by atoms with E-state index < -0.39 is 0 Å². The summed E-state index contributed by atoms with van der Waals surface area (Å²) in [6.07, 6.45) is 1.33. The van der Waals surface area contributed by atoms with E-state index in [0.29, 0.717) is 0 Å². The van der Waals surface area contributed by atoms with Crippen molar-refractivity contribution in [3.8, 4) is 0 Å². The molecule has 1 aliphatic rings. The van der Waals surface area contributed by atoms with Crippen molar-refractivity contribution in [1.82, 2.24) is 4.90 Å². The zero-order valence-electron chi connectivity index (χ0n) is 8.61. The van der Waals surface area contributed by atoms with Crippen molar-refractivity contribution < 1.29 is 5.11 Å². The molecule has 0 saturated carbocycles. The first-order valence-corrected chi connectivity index (χ1v) is 5.22. The minimum absolute atomic E-state index is 0.139. The Bertz CT molecular complexity index is 294. The van der Waals surface area contributed by atoms with Gasteiger partial charge in [-0.3, -0.25) is 4.90 Å². The van der Waals surface area contributed by atoms with Gasteiger partial charge in [-0.1, -0.05) is 24.3 Å². The Hall–Kier alpha value is -0.860. The Kier molecular flexibility index (Phi) is 2.85. The van der Waals surface area contributed by atoms with Crippen molar-refractivity contribution >= 4 is 0 Å². The minimum atomic E-state index is 0.139. The molecule has 1 aromatic carbocycles. The fourth-order valence-corrected chi connectivity index (χ4v) is 1.79. The monoisotopic (exact) mass is 191 g/mol. The summed E-state index contributed by atoms with van der Waals surface area (Å²) in [6.45, 7) is 4.68. The third-order valence-electron chi connectivity index (χ3n) is 3.05. The molecule has 76 valence electrons.